The minimum absolute atomic E-state index is 0.207. The highest BCUT2D eigenvalue weighted by Gasteiger charge is 2.51. The Morgan fingerprint density at radius 3 is 2.56 bits per heavy atom. The third-order valence-electron chi connectivity index (χ3n) is 6.27. The summed E-state index contributed by atoms with van der Waals surface area (Å²) in [6, 6.07) is 7.45. The molecule has 0 saturated carbocycles. The van der Waals surface area contributed by atoms with Crippen LogP contribution in [0.15, 0.2) is 30.5 Å². The van der Waals surface area contributed by atoms with Crippen LogP contribution in [0.1, 0.15) is 31.1 Å². The van der Waals surface area contributed by atoms with Crippen LogP contribution in [0.4, 0.5) is 5.82 Å². The largest absolute Gasteiger partial charge is 0.480 e. The van der Waals surface area contributed by atoms with E-state index < -0.39 is 5.97 Å². The van der Waals surface area contributed by atoms with Crippen LogP contribution in [-0.2, 0) is 0 Å². The lowest BCUT2D eigenvalue weighted by atomic mass is 9.73. The topological polar surface area (TPSA) is 81.7 Å². The molecule has 0 radical (unpaired) electrons. The van der Waals surface area contributed by atoms with Gasteiger partial charge < -0.3 is 24.6 Å². The van der Waals surface area contributed by atoms with Crippen LogP contribution in [0, 0.1) is 5.41 Å². The molecular weight excluding hydrogens is 428 g/mol. The zero-order valence-electron chi connectivity index (χ0n) is 18.9. The number of rotatable bonds is 5. The minimum Gasteiger partial charge on any atom is -0.480 e. The fourth-order valence-electron chi connectivity index (χ4n) is 4.75. The Kier molecular flexibility index (Phi) is 6.05. The van der Waals surface area contributed by atoms with Crippen LogP contribution in [0.25, 0.3) is 22.0 Å². The van der Waals surface area contributed by atoms with Gasteiger partial charge in [-0.1, -0.05) is 32.4 Å². The number of nitrogens with zero attached hydrogens (tertiary/aromatic N) is 3. The zero-order chi connectivity index (χ0) is 23.0. The maximum absolute atomic E-state index is 11.5. The molecule has 170 valence electrons. The number of aromatic carboxylic acids is 1. The number of pyridine rings is 1. The fourth-order valence-corrected chi connectivity index (χ4v) is 5.01. The second kappa shape index (κ2) is 8.64. The van der Waals surface area contributed by atoms with E-state index in [0.29, 0.717) is 32.8 Å². The maximum atomic E-state index is 11.5. The Balaban J connectivity index is 0.00000119. The molecule has 0 amide bonds. The normalized spacial score (nSPS) is 16.8. The molecule has 5 rings (SSSR count). The van der Waals surface area contributed by atoms with Crippen LogP contribution < -0.4 is 9.64 Å². The molecule has 4 heterocycles. The van der Waals surface area contributed by atoms with Gasteiger partial charge in [0.1, 0.15) is 5.82 Å². The smallest absolute Gasteiger partial charge is 0.337 e. The van der Waals surface area contributed by atoms with Gasteiger partial charge in [-0.3, -0.25) is 0 Å². The van der Waals surface area contributed by atoms with E-state index in [1.165, 1.54) is 6.20 Å². The van der Waals surface area contributed by atoms with Crippen molar-refractivity contribution in [2.75, 3.05) is 44.7 Å². The number of ether oxygens (including phenoxy) is 1. The SMILES string of the molecule is CC.CCN1CC2(C1)CN(c1ccc(-c3cc4c(C(=O)O)c[nH]c4cc3Cl)c(OC)n1)C2. The standard InChI is InChI=1S/C22H23ClN4O3.C2H6/c1-3-26-9-22(10-26)11-27(12-22)19-5-4-13(20(25-19)30-2)14-6-15-16(21(28)29)8-24-18(15)7-17(14)23;1-2/h4-8,24H,3,9-12H2,1-2H3,(H,28,29);1-2H3. The number of carboxylic acid groups (broad SMARTS) is 1. The Labute approximate surface area is 192 Å². The summed E-state index contributed by atoms with van der Waals surface area (Å²) in [5.74, 6) is 0.381. The molecule has 8 heteroatoms. The molecule has 0 bridgehead atoms. The van der Waals surface area contributed by atoms with Crippen LogP contribution in [0.3, 0.4) is 0 Å². The molecule has 2 saturated heterocycles. The third kappa shape index (κ3) is 3.69. The second-order valence-electron chi connectivity index (χ2n) is 8.27. The first-order valence-corrected chi connectivity index (χ1v) is 11.4. The Bertz CT molecular complexity index is 1150. The van der Waals surface area contributed by atoms with Crippen molar-refractivity contribution in [1.29, 1.82) is 0 Å². The summed E-state index contributed by atoms with van der Waals surface area (Å²) in [5, 5.41) is 10.5. The molecular formula is C24H29ClN4O3. The number of aromatic amines is 1. The first kappa shape index (κ1) is 22.4. The van der Waals surface area contributed by atoms with Gasteiger partial charge in [0.2, 0.25) is 5.88 Å². The number of benzene rings is 1. The van der Waals surface area contributed by atoms with Gasteiger partial charge >= 0.3 is 5.97 Å². The average Bonchev–Trinajstić information content (AvgIpc) is 3.15. The number of H-pyrrole nitrogens is 1. The van der Waals surface area contributed by atoms with E-state index >= 15 is 0 Å². The van der Waals surface area contributed by atoms with Crippen molar-refractivity contribution in [3.8, 4) is 17.0 Å². The fraction of sp³-hybridized carbons (Fsp3) is 0.417. The Morgan fingerprint density at radius 2 is 1.94 bits per heavy atom. The first-order chi connectivity index (χ1) is 15.4. The lowest BCUT2D eigenvalue weighted by Crippen LogP contribution is -2.72. The van der Waals surface area contributed by atoms with E-state index in [-0.39, 0.29) is 5.56 Å². The molecule has 3 aromatic rings. The van der Waals surface area contributed by atoms with Gasteiger partial charge in [0.05, 0.1) is 17.7 Å². The number of aromatic nitrogens is 2. The summed E-state index contributed by atoms with van der Waals surface area (Å²) in [6.07, 6.45) is 1.48. The number of halogens is 1. The summed E-state index contributed by atoms with van der Waals surface area (Å²) in [5.41, 5.74) is 2.73. The molecule has 1 spiro atoms. The summed E-state index contributed by atoms with van der Waals surface area (Å²) >= 11 is 6.52. The molecule has 2 aliphatic heterocycles. The minimum atomic E-state index is -0.987. The van der Waals surface area contributed by atoms with Crippen LogP contribution >= 0.6 is 11.6 Å². The van der Waals surface area contributed by atoms with Crippen LogP contribution in [-0.4, -0.2) is 65.8 Å². The molecule has 2 aromatic heterocycles. The molecule has 2 aliphatic rings. The van der Waals surface area contributed by atoms with E-state index in [2.05, 4.69) is 21.7 Å². The van der Waals surface area contributed by atoms with Crippen molar-refractivity contribution >= 4 is 34.3 Å². The quantitative estimate of drug-likeness (QED) is 0.576. The van der Waals surface area contributed by atoms with E-state index in [9.17, 15) is 9.90 Å². The van der Waals surface area contributed by atoms with Gasteiger partial charge in [0.25, 0.3) is 0 Å². The van der Waals surface area contributed by atoms with Gasteiger partial charge in [-0.2, -0.15) is 4.98 Å². The number of carboxylic acids is 1. The Morgan fingerprint density at radius 1 is 1.22 bits per heavy atom. The van der Waals surface area contributed by atoms with Crippen LogP contribution in [0.5, 0.6) is 5.88 Å². The second-order valence-corrected chi connectivity index (χ2v) is 8.68. The lowest BCUT2D eigenvalue weighted by molar-refractivity contribution is -0.0181. The number of fused-ring (bicyclic) bond motifs is 1. The van der Waals surface area contributed by atoms with Crippen molar-refractivity contribution in [3.05, 3.63) is 41.0 Å². The van der Waals surface area contributed by atoms with Crippen molar-refractivity contribution in [3.63, 3.8) is 0 Å². The number of likely N-dealkylation sites (tertiary alicyclic amines) is 1. The number of hydrogen-bond acceptors (Lipinski definition) is 5. The molecule has 0 unspecified atom stereocenters. The predicted molar refractivity (Wildman–Crippen MR) is 128 cm³/mol. The number of anilines is 1. The number of nitrogens with one attached hydrogen (secondary N) is 1. The molecule has 2 fully saturated rings. The van der Waals surface area contributed by atoms with E-state index in [1.807, 2.05) is 26.0 Å². The average molecular weight is 457 g/mol. The van der Waals surface area contributed by atoms with Crippen molar-refractivity contribution in [2.45, 2.75) is 20.8 Å². The zero-order valence-corrected chi connectivity index (χ0v) is 19.7. The molecule has 0 aliphatic carbocycles. The molecule has 1 aromatic carbocycles. The third-order valence-corrected chi connectivity index (χ3v) is 6.58. The van der Waals surface area contributed by atoms with Crippen molar-refractivity contribution < 1.29 is 14.6 Å². The Hall–Kier alpha value is -2.77. The lowest BCUT2D eigenvalue weighted by Gasteiger charge is -2.60. The van der Waals surface area contributed by atoms with Gasteiger partial charge in [-0.25, -0.2) is 4.79 Å². The maximum Gasteiger partial charge on any atom is 0.337 e. The monoisotopic (exact) mass is 456 g/mol. The number of hydrogen-bond donors (Lipinski definition) is 2. The summed E-state index contributed by atoms with van der Waals surface area (Å²) in [6.45, 7) is 11.6. The number of methoxy groups -OCH3 is 1. The summed E-state index contributed by atoms with van der Waals surface area (Å²) in [7, 11) is 1.59. The number of carbonyl (C=O) groups is 1. The molecule has 7 nitrogen and oxygen atoms in total. The van der Waals surface area contributed by atoms with Gasteiger partial charge in [-0.05, 0) is 30.8 Å². The molecule has 32 heavy (non-hydrogen) atoms. The first-order valence-electron chi connectivity index (χ1n) is 11.0. The predicted octanol–water partition coefficient (Wildman–Crippen LogP) is 4.76. The highest BCUT2D eigenvalue weighted by atomic mass is 35.5. The van der Waals surface area contributed by atoms with Gasteiger partial charge in [-0.15, -0.1) is 0 Å². The van der Waals surface area contributed by atoms with E-state index in [0.717, 1.165) is 44.1 Å². The van der Waals surface area contributed by atoms with Gasteiger partial charge in [0.15, 0.2) is 0 Å². The van der Waals surface area contributed by atoms with E-state index in [1.54, 1.807) is 19.2 Å². The summed E-state index contributed by atoms with van der Waals surface area (Å²) in [4.78, 5) is 23.9. The highest BCUT2D eigenvalue weighted by molar-refractivity contribution is 6.34. The highest BCUT2D eigenvalue weighted by Crippen LogP contribution is 2.43. The van der Waals surface area contributed by atoms with Gasteiger partial charge in [0, 0.05) is 59.8 Å². The van der Waals surface area contributed by atoms with Crippen molar-refractivity contribution in [1.82, 2.24) is 14.9 Å². The summed E-state index contributed by atoms with van der Waals surface area (Å²) < 4.78 is 5.58. The van der Waals surface area contributed by atoms with E-state index in [4.69, 9.17) is 21.3 Å². The van der Waals surface area contributed by atoms with Crippen LogP contribution in [0.2, 0.25) is 5.02 Å². The van der Waals surface area contributed by atoms with Crippen molar-refractivity contribution in [2.24, 2.45) is 5.41 Å². The molecule has 0 atom stereocenters. The molecule has 2 N–H and O–H groups in total.